The molecule has 29 heavy (non-hydrogen) atoms. The molecule has 1 amide bonds. The van der Waals surface area contributed by atoms with Crippen molar-refractivity contribution in [3.05, 3.63) is 24.3 Å². The van der Waals surface area contributed by atoms with Crippen LogP contribution >= 0.6 is 23.1 Å². The summed E-state index contributed by atoms with van der Waals surface area (Å²) in [5.41, 5.74) is 1.46. The summed E-state index contributed by atoms with van der Waals surface area (Å²) in [5, 5.41) is 12.8. The summed E-state index contributed by atoms with van der Waals surface area (Å²) in [6.07, 6.45) is 8.27. The molecule has 0 saturated heterocycles. The van der Waals surface area contributed by atoms with Crippen LogP contribution in [-0.2, 0) is 4.79 Å². The highest BCUT2D eigenvalue weighted by atomic mass is 32.2. The van der Waals surface area contributed by atoms with E-state index in [-0.39, 0.29) is 11.9 Å². The topological polar surface area (TPSA) is 59.3 Å². The molecule has 3 aromatic rings. The highest BCUT2D eigenvalue weighted by Crippen LogP contribution is 2.61. The summed E-state index contributed by atoms with van der Waals surface area (Å²) >= 11 is 3.12. The Kier molecular flexibility index (Phi) is 4.21. The number of benzene rings is 1. The van der Waals surface area contributed by atoms with Gasteiger partial charge in [-0.3, -0.25) is 9.20 Å². The van der Waals surface area contributed by atoms with E-state index < -0.39 is 0 Å². The molecule has 2 aromatic heterocycles. The van der Waals surface area contributed by atoms with Gasteiger partial charge in [0.15, 0.2) is 5.16 Å². The van der Waals surface area contributed by atoms with E-state index in [0.717, 1.165) is 33.4 Å². The number of carbonyl (C=O) groups is 1. The Morgan fingerprint density at radius 1 is 1.21 bits per heavy atom. The van der Waals surface area contributed by atoms with Gasteiger partial charge in [-0.15, -0.1) is 10.2 Å². The quantitative estimate of drug-likeness (QED) is 0.598. The van der Waals surface area contributed by atoms with E-state index in [1.165, 1.54) is 55.0 Å². The fourth-order valence-electron chi connectivity index (χ4n) is 6.72. The van der Waals surface area contributed by atoms with Gasteiger partial charge in [0.25, 0.3) is 0 Å². The zero-order valence-corrected chi connectivity index (χ0v) is 18.3. The van der Waals surface area contributed by atoms with Gasteiger partial charge >= 0.3 is 0 Å². The molecule has 7 rings (SSSR count). The molecule has 4 aliphatic carbocycles. The van der Waals surface area contributed by atoms with Gasteiger partial charge < -0.3 is 5.32 Å². The molecule has 0 radical (unpaired) electrons. The normalized spacial score (nSPS) is 31.6. The fourth-order valence-corrected chi connectivity index (χ4v) is 8.50. The summed E-state index contributed by atoms with van der Waals surface area (Å²) in [4.78, 5) is 13.7. The summed E-state index contributed by atoms with van der Waals surface area (Å²) in [6, 6.07) is 8.52. The standard InChI is InChI=1S/C22H26N4OS2/c1-13(22-9-14-6-15(10-22)8-16(7-14)11-22)23-19(27)12-28-20-24-25-21-26(20)17-4-2-3-5-18(17)29-21/h2-5,13-16H,6-12H2,1H3,(H,23,27)/t13-,14?,15?,16?,22?/m1/s1. The average molecular weight is 427 g/mol. The maximum atomic E-state index is 12.8. The van der Waals surface area contributed by atoms with Crippen LogP contribution in [0.3, 0.4) is 0 Å². The number of amides is 1. The molecule has 152 valence electrons. The van der Waals surface area contributed by atoms with Crippen molar-refractivity contribution in [2.24, 2.45) is 23.2 Å². The number of nitrogens with zero attached hydrogens (tertiary/aromatic N) is 3. The minimum atomic E-state index is 0.120. The number of aromatic nitrogens is 3. The Morgan fingerprint density at radius 2 is 1.90 bits per heavy atom. The van der Waals surface area contributed by atoms with Crippen molar-refractivity contribution in [3.63, 3.8) is 0 Å². The number of hydrogen-bond donors (Lipinski definition) is 1. The van der Waals surface area contributed by atoms with Crippen molar-refractivity contribution in [3.8, 4) is 0 Å². The van der Waals surface area contributed by atoms with Gasteiger partial charge in [-0.05, 0) is 80.8 Å². The second-order valence-electron chi connectivity index (χ2n) is 9.53. The third-order valence-corrected chi connectivity index (χ3v) is 9.57. The minimum Gasteiger partial charge on any atom is -0.352 e. The Bertz CT molecular complexity index is 1050. The molecule has 7 heteroatoms. The maximum Gasteiger partial charge on any atom is 0.230 e. The first-order valence-electron chi connectivity index (χ1n) is 10.7. The van der Waals surface area contributed by atoms with E-state index >= 15 is 0 Å². The lowest BCUT2D eigenvalue weighted by Gasteiger charge is -2.59. The van der Waals surface area contributed by atoms with Crippen LogP contribution in [0.2, 0.25) is 0 Å². The van der Waals surface area contributed by atoms with E-state index in [1.807, 2.05) is 12.1 Å². The van der Waals surface area contributed by atoms with Crippen molar-refractivity contribution >= 4 is 44.2 Å². The van der Waals surface area contributed by atoms with Gasteiger partial charge in [-0.25, -0.2) is 0 Å². The molecular formula is C22H26N4OS2. The predicted molar refractivity (Wildman–Crippen MR) is 117 cm³/mol. The molecule has 4 fully saturated rings. The Labute approximate surface area is 178 Å². The highest BCUT2D eigenvalue weighted by Gasteiger charge is 2.53. The van der Waals surface area contributed by atoms with Crippen molar-refractivity contribution < 1.29 is 4.79 Å². The van der Waals surface area contributed by atoms with Crippen LogP contribution < -0.4 is 5.32 Å². The number of carbonyl (C=O) groups excluding carboxylic acids is 1. The minimum absolute atomic E-state index is 0.120. The number of hydrogen-bond acceptors (Lipinski definition) is 5. The second kappa shape index (κ2) is 6.71. The predicted octanol–water partition coefficient (Wildman–Crippen LogP) is 4.76. The largest absolute Gasteiger partial charge is 0.352 e. The van der Waals surface area contributed by atoms with Crippen molar-refractivity contribution in [2.45, 2.75) is 56.6 Å². The fraction of sp³-hybridized carbons (Fsp3) is 0.591. The lowest BCUT2D eigenvalue weighted by Crippen LogP contribution is -2.56. The molecule has 1 N–H and O–H groups in total. The SMILES string of the molecule is C[C@@H](NC(=O)CSc1nnc2sc3ccccc3n12)C12CC3CC(CC(C3)C1)C2. The first-order valence-corrected chi connectivity index (χ1v) is 12.5. The number of fused-ring (bicyclic) bond motifs is 3. The van der Waals surface area contributed by atoms with Crippen LogP contribution in [0.5, 0.6) is 0 Å². The molecule has 1 aromatic carbocycles. The lowest BCUT2D eigenvalue weighted by atomic mass is 9.48. The number of nitrogens with one attached hydrogen (secondary N) is 1. The van der Waals surface area contributed by atoms with Gasteiger partial charge in [-0.2, -0.15) is 0 Å². The highest BCUT2D eigenvalue weighted by molar-refractivity contribution is 7.99. The average Bonchev–Trinajstić information content (AvgIpc) is 3.24. The molecule has 0 unspecified atom stereocenters. The van der Waals surface area contributed by atoms with E-state index in [2.05, 4.69) is 39.0 Å². The summed E-state index contributed by atoms with van der Waals surface area (Å²) in [5.74, 6) is 3.24. The number of thioether (sulfide) groups is 1. The Balaban J connectivity index is 1.14. The van der Waals surface area contributed by atoms with Crippen LogP contribution in [0.15, 0.2) is 29.4 Å². The maximum absolute atomic E-state index is 12.8. The summed E-state index contributed by atoms with van der Waals surface area (Å²) in [6.45, 7) is 2.25. The summed E-state index contributed by atoms with van der Waals surface area (Å²) in [7, 11) is 0. The molecule has 4 bridgehead atoms. The van der Waals surface area contributed by atoms with E-state index in [1.54, 1.807) is 11.3 Å². The molecule has 4 saturated carbocycles. The molecule has 2 heterocycles. The first-order chi connectivity index (χ1) is 14.1. The number of thiazole rings is 1. The van der Waals surface area contributed by atoms with Crippen molar-refractivity contribution in [2.75, 3.05) is 5.75 Å². The third-order valence-electron chi connectivity index (χ3n) is 7.63. The van der Waals surface area contributed by atoms with Crippen LogP contribution in [0.4, 0.5) is 0 Å². The number of rotatable bonds is 5. The molecular weight excluding hydrogens is 400 g/mol. The second-order valence-corrected chi connectivity index (χ2v) is 11.5. The van der Waals surface area contributed by atoms with Gasteiger partial charge in [0.2, 0.25) is 10.9 Å². The van der Waals surface area contributed by atoms with Crippen LogP contribution in [-0.4, -0.2) is 32.3 Å². The molecule has 0 aliphatic heterocycles. The van der Waals surface area contributed by atoms with Gasteiger partial charge in [0.1, 0.15) is 0 Å². The van der Waals surface area contributed by atoms with Gasteiger partial charge in [0.05, 0.1) is 16.0 Å². The van der Waals surface area contributed by atoms with E-state index in [9.17, 15) is 4.79 Å². The van der Waals surface area contributed by atoms with Crippen LogP contribution in [0.1, 0.15) is 45.4 Å². The molecule has 1 atom stereocenters. The summed E-state index contributed by atoms with van der Waals surface area (Å²) < 4.78 is 3.26. The van der Waals surface area contributed by atoms with Crippen molar-refractivity contribution in [1.29, 1.82) is 0 Å². The zero-order valence-electron chi connectivity index (χ0n) is 16.6. The van der Waals surface area contributed by atoms with Crippen LogP contribution in [0.25, 0.3) is 15.2 Å². The lowest BCUT2D eigenvalue weighted by molar-refractivity contribution is -0.123. The monoisotopic (exact) mass is 426 g/mol. The first kappa shape index (κ1) is 18.2. The smallest absolute Gasteiger partial charge is 0.230 e. The van der Waals surface area contributed by atoms with Crippen LogP contribution in [0, 0.1) is 23.2 Å². The third kappa shape index (κ3) is 3.00. The van der Waals surface area contributed by atoms with E-state index in [4.69, 9.17) is 0 Å². The van der Waals surface area contributed by atoms with E-state index in [0.29, 0.717) is 11.2 Å². The van der Waals surface area contributed by atoms with Gasteiger partial charge in [0, 0.05) is 6.04 Å². The molecule has 4 aliphatic rings. The van der Waals surface area contributed by atoms with Crippen molar-refractivity contribution in [1.82, 2.24) is 19.9 Å². The molecule has 0 spiro atoms. The number of para-hydroxylation sites is 1. The molecule has 5 nitrogen and oxygen atoms in total. The Hall–Kier alpha value is -1.60. The zero-order chi connectivity index (χ0) is 19.6. The Morgan fingerprint density at radius 3 is 2.62 bits per heavy atom. The van der Waals surface area contributed by atoms with Gasteiger partial charge in [-0.1, -0.05) is 35.2 Å².